The second-order valence-corrected chi connectivity index (χ2v) is 4.81. The van der Waals surface area contributed by atoms with E-state index in [1.165, 1.54) is 24.8 Å². The second-order valence-electron chi connectivity index (χ2n) is 4.81. The van der Waals surface area contributed by atoms with Crippen LogP contribution >= 0.6 is 0 Å². The van der Waals surface area contributed by atoms with E-state index in [0.717, 1.165) is 5.75 Å². The quantitative estimate of drug-likeness (QED) is 0.786. The molecule has 0 spiro atoms. The highest BCUT2D eigenvalue weighted by Gasteiger charge is 2.29. The molecule has 3 heteroatoms. The summed E-state index contributed by atoms with van der Waals surface area (Å²) in [6.07, 6.45) is 3.80. The zero-order chi connectivity index (χ0) is 12.8. The summed E-state index contributed by atoms with van der Waals surface area (Å²) in [6.45, 7) is 1.25. The Kier molecular flexibility index (Phi) is 5.02. The van der Waals surface area contributed by atoms with Crippen molar-refractivity contribution in [3.63, 3.8) is 0 Å². The van der Waals surface area contributed by atoms with Crippen molar-refractivity contribution in [1.82, 2.24) is 5.32 Å². The van der Waals surface area contributed by atoms with Crippen molar-refractivity contribution in [2.45, 2.75) is 31.2 Å². The maximum Gasteiger partial charge on any atom is 0.122 e. The summed E-state index contributed by atoms with van der Waals surface area (Å²) in [4.78, 5) is 0. The molecule has 0 aliphatic heterocycles. The molecule has 18 heavy (non-hydrogen) atoms. The molecule has 100 valence electrons. The minimum Gasteiger partial charge on any atom is -0.491 e. The number of hydrogen-bond donors (Lipinski definition) is 1. The first-order valence-electron chi connectivity index (χ1n) is 6.74. The zero-order valence-electron chi connectivity index (χ0n) is 11.3. The standard InChI is InChI=1S/C15H23NO2/c1-16-14-8-5-7-12(14)13-6-3-4-9-15(13)18-11-10-17-2/h3-4,6,9,12,14,16H,5,7-8,10-11H2,1-2H3. The van der Waals surface area contributed by atoms with Crippen LogP contribution in [0.5, 0.6) is 5.75 Å². The van der Waals surface area contributed by atoms with Crippen LogP contribution in [-0.4, -0.2) is 33.4 Å². The molecule has 0 bridgehead atoms. The van der Waals surface area contributed by atoms with E-state index in [0.29, 0.717) is 25.2 Å². The van der Waals surface area contributed by atoms with E-state index in [1.807, 2.05) is 6.07 Å². The van der Waals surface area contributed by atoms with Crippen LogP contribution in [-0.2, 0) is 4.74 Å². The van der Waals surface area contributed by atoms with Gasteiger partial charge < -0.3 is 14.8 Å². The summed E-state index contributed by atoms with van der Waals surface area (Å²) in [5.74, 6) is 1.59. The lowest BCUT2D eigenvalue weighted by molar-refractivity contribution is 0.145. The highest BCUT2D eigenvalue weighted by molar-refractivity contribution is 5.37. The highest BCUT2D eigenvalue weighted by Crippen LogP contribution is 2.38. The van der Waals surface area contributed by atoms with Crippen molar-refractivity contribution >= 4 is 0 Å². The van der Waals surface area contributed by atoms with E-state index >= 15 is 0 Å². The molecule has 2 unspecified atom stereocenters. The van der Waals surface area contributed by atoms with Crippen molar-refractivity contribution in [2.24, 2.45) is 0 Å². The van der Waals surface area contributed by atoms with Crippen molar-refractivity contribution in [2.75, 3.05) is 27.4 Å². The summed E-state index contributed by atoms with van der Waals surface area (Å²) in [5, 5.41) is 3.43. The van der Waals surface area contributed by atoms with Gasteiger partial charge in [-0.05, 0) is 31.5 Å². The minimum atomic E-state index is 0.578. The normalized spacial score (nSPS) is 23.2. The molecule has 0 aromatic heterocycles. The maximum atomic E-state index is 5.83. The molecule has 0 amide bonds. The molecule has 3 nitrogen and oxygen atoms in total. The number of methoxy groups -OCH3 is 1. The SMILES string of the molecule is CNC1CCCC1c1ccccc1OCCOC. The fourth-order valence-corrected chi connectivity index (χ4v) is 2.83. The lowest BCUT2D eigenvalue weighted by Crippen LogP contribution is -2.27. The van der Waals surface area contributed by atoms with Gasteiger partial charge in [-0.25, -0.2) is 0 Å². The van der Waals surface area contributed by atoms with Crippen LogP contribution < -0.4 is 10.1 Å². The van der Waals surface area contributed by atoms with E-state index in [9.17, 15) is 0 Å². The molecule has 0 heterocycles. The predicted molar refractivity (Wildman–Crippen MR) is 73.3 cm³/mol. The number of rotatable bonds is 6. The van der Waals surface area contributed by atoms with Crippen LogP contribution in [0.4, 0.5) is 0 Å². The number of hydrogen-bond acceptors (Lipinski definition) is 3. The summed E-state index contributed by atoms with van der Waals surface area (Å²) < 4.78 is 10.9. The van der Waals surface area contributed by atoms with E-state index in [1.54, 1.807) is 7.11 Å². The van der Waals surface area contributed by atoms with Gasteiger partial charge in [0.25, 0.3) is 0 Å². The molecule has 1 fully saturated rings. The van der Waals surface area contributed by atoms with E-state index in [2.05, 4.69) is 30.6 Å². The van der Waals surface area contributed by atoms with Crippen LogP contribution in [0.2, 0.25) is 0 Å². The molecule has 1 aliphatic carbocycles. The Balaban J connectivity index is 2.11. The molecular weight excluding hydrogens is 226 g/mol. The van der Waals surface area contributed by atoms with E-state index in [4.69, 9.17) is 9.47 Å². The second kappa shape index (κ2) is 6.76. The maximum absolute atomic E-state index is 5.83. The Hall–Kier alpha value is -1.06. The summed E-state index contributed by atoms with van der Waals surface area (Å²) in [7, 11) is 3.75. The molecule has 2 rings (SSSR count). The van der Waals surface area contributed by atoms with Gasteiger partial charge in [-0.2, -0.15) is 0 Å². The van der Waals surface area contributed by atoms with Crippen LogP contribution in [0.3, 0.4) is 0 Å². The molecule has 1 aromatic carbocycles. The van der Waals surface area contributed by atoms with Crippen molar-refractivity contribution in [3.8, 4) is 5.75 Å². The number of likely N-dealkylation sites (N-methyl/N-ethyl adjacent to an activating group) is 1. The third kappa shape index (κ3) is 3.03. The van der Waals surface area contributed by atoms with Crippen LogP contribution in [0, 0.1) is 0 Å². The van der Waals surface area contributed by atoms with Gasteiger partial charge in [-0.1, -0.05) is 24.6 Å². The monoisotopic (exact) mass is 249 g/mol. The molecular formula is C15H23NO2. The Morgan fingerprint density at radius 3 is 2.83 bits per heavy atom. The fourth-order valence-electron chi connectivity index (χ4n) is 2.83. The number of ether oxygens (including phenoxy) is 2. The van der Waals surface area contributed by atoms with Crippen molar-refractivity contribution in [3.05, 3.63) is 29.8 Å². The number of nitrogens with one attached hydrogen (secondary N) is 1. The van der Waals surface area contributed by atoms with Gasteiger partial charge in [0.15, 0.2) is 0 Å². The van der Waals surface area contributed by atoms with E-state index in [-0.39, 0.29) is 0 Å². The summed E-state index contributed by atoms with van der Waals surface area (Å²) in [5.41, 5.74) is 1.34. The summed E-state index contributed by atoms with van der Waals surface area (Å²) in [6, 6.07) is 8.98. The third-order valence-electron chi connectivity index (χ3n) is 3.75. The van der Waals surface area contributed by atoms with Gasteiger partial charge in [-0.15, -0.1) is 0 Å². The summed E-state index contributed by atoms with van der Waals surface area (Å²) >= 11 is 0. The van der Waals surface area contributed by atoms with Crippen LogP contribution in [0.1, 0.15) is 30.7 Å². The molecule has 0 radical (unpaired) electrons. The lowest BCUT2D eigenvalue weighted by Gasteiger charge is -2.22. The van der Waals surface area contributed by atoms with Gasteiger partial charge >= 0.3 is 0 Å². The first kappa shape index (κ1) is 13.4. The Labute approximate surface area is 109 Å². The number of benzene rings is 1. The smallest absolute Gasteiger partial charge is 0.122 e. The van der Waals surface area contributed by atoms with Gasteiger partial charge in [0, 0.05) is 19.1 Å². The molecule has 2 atom stereocenters. The lowest BCUT2D eigenvalue weighted by atomic mass is 9.93. The average molecular weight is 249 g/mol. The van der Waals surface area contributed by atoms with Gasteiger partial charge in [0.05, 0.1) is 6.61 Å². The first-order chi connectivity index (χ1) is 8.86. The molecule has 1 N–H and O–H groups in total. The van der Waals surface area contributed by atoms with Crippen LogP contribution in [0.25, 0.3) is 0 Å². The largest absolute Gasteiger partial charge is 0.491 e. The zero-order valence-corrected chi connectivity index (χ0v) is 11.3. The van der Waals surface area contributed by atoms with E-state index < -0.39 is 0 Å². The molecule has 0 saturated heterocycles. The van der Waals surface area contributed by atoms with Gasteiger partial charge in [0.2, 0.25) is 0 Å². The van der Waals surface area contributed by atoms with Crippen LogP contribution in [0.15, 0.2) is 24.3 Å². The Morgan fingerprint density at radius 1 is 1.22 bits per heavy atom. The van der Waals surface area contributed by atoms with Gasteiger partial charge in [0.1, 0.15) is 12.4 Å². The Morgan fingerprint density at radius 2 is 2.06 bits per heavy atom. The van der Waals surface area contributed by atoms with Gasteiger partial charge in [-0.3, -0.25) is 0 Å². The third-order valence-corrected chi connectivity index (χ3v) is 3.75. The molecule has 1 aliphatic rings. The van der Waals surface area contributed by atoms with Crippen molar-refractivity contribution in [1.29, 1.82) is 0 Å². The first-order valence-corrected chi connectivity index (χ1v) is 6.74. The average Bonchev–Trinajstić information content (AvgIpc) is 2.88. The number of para-hydroxylation sites is 1. The fraction of sp³-hybridized carbons (Fsp3) is 0.600. The minimum absolute atomic E-state index is 0.578. The van der Waals surface area contributed by atoms with Crippen molar-refractivity contribution < 1.29 is 9.47 Å². The molecule has 1 saturated carbocycles. The topological polar surface area (TPSA) is 30.5 Å². The molecule has 1 aromatic rings. The predicted octanol–water partition coefficient (Wildman–Crippen LogP) is 2.57. The highest BCUT2D eigenvalue weighted by atomic mass is 16.5. The Bertz CT molecular complexity index is 367.